The Morgan fingerprint density at radius 3 is 2.94 bits per heavy atom. The summed E-state index contributed by atoms with van der Waals surface area (Å²) in [6.45, 7) is 2.16. The lowest BCUT2D eigenvalue weighted by atomic mass is 10.2. The minimum Gasteiger partial charge on any atom is -0.389 e. The van der Waals surface area contributed by atoms with Crippen molar-refractivity contribution in [3.8, 4) is 0 Å². The third-order valence-electron chi connectivity index (χ3n) is 2.46. The SMILES string of the molecule is CSCC(C)N(C)c1ncccc1C(N)=S. The maximum Gasteiger partial charge on any atom is 0.138 e. The van der Waals surface area contributed by atoms with Gasteiger partial charge < -0.3 is 10.6 Å². The van der Waals surface area contributed by atoms with Crippen LogP contribution in [-0.2, 0) is 0 Å². The van der Waals surface area contributed by atoms with Crippen molar-refractivity contribution in [1.82, 2.24) is 4.98 Å². The van der Waals surface area contributed by atoms with Crippen molar-refractivity contribution in [3.05, 3.63) is 23.9 Å². The largest absolute Gasteiger partial charge is 0.389 e. The van der Waals surface area contributed by atoms with Gasteiger partial charge in [-0.3, -0.25) is 0 Å². The van der Waals surface area contributed by atoms with Gasteiger partial charge in [-0.05, 0) is 25.3 Å². The fourth-order valence-corrected chi connectivity index (χ4v) is 2.30. The van der Waals surface area contributed by atoms with Crippen LogP contribution in [0.4, 0.5) is 5.82 Å². The number of thiocarbonyl (C=S) groups is 1. The van der Waals surface area contributed by atoms with Gasteiger partial charge in [0.25, 0.3) is 0 Å². The van der Waals surface area contributed by atoms with Crippen LogP contribution < -0.4 is 10.6 Å². The average molecular weight is 255 g/mol. The molecule has 16 heavy (non-hydrogen) atoms. The minimum atomic E-state index is 0.395. The van der Waals surface area contributed by atoms with E-state index in [-0.39, 0.29) is 0 Å². The number of rotatable bonds is 5. The van der Waals surface area contributed by atoms with Crippen LogP contribution in [0.25, 0.3) is 0 Å². The molecule has 2 N–H and O–H groups in total. The first kappa shape index (κ1) is 13.3. The number of nitrogens with two attached hydrogens (primary N) is 1. The zero-order valence-electron chi connectivity index (χ0n) is 9.80. The van der Waals surface area contributed by atoms with E-state index in [4.69, 9.17) is 18.0 Å². The van der Waals surface area contributed by atoms with Gasteiger partial charge in [0.1, 0.15) is 10.8 Å². The molecule has 0 aliphatic rings. The molecule has 0 aromatic carbocycles. The van der Waals surface area contributed by atoms with E-state index in [1.54, 1.807) is 6.20 Å². The molecule has 5 heteroatoms. The second-order valence-corrected chi connectivity index (χ2v) is 5.00. The van der Waals surface area contributed by atoms with Crippen molar-refractivity contribution in [1.29, 1.82) is 0 Å². The van der Waals surface area contributed by atoms with Gasteiger partial charge in [0, 0.05) is 25.0 Å². The average Bonchev–Trinajstić information content (AvgIpc) is 2.28. The lowest BCUT2D eigenvalue weighted by Crippen LogP contribution is -2.33. The standard InChI is InChI=1S/C11H17N3S2/c1-8(7-16-3)14(2)11-9(10(12)15)5-4-6-13-11/h4-6,8H,7H2,1-3H3,(H2,12,15). The molecule has 0 spiro atoms. The van der Waals surface area contributed by atoms with Gasteiger partial charge in [0.15, 0.2) is 0 Å². The highest BCUT2D eigenvalue weighted by Gasteiger charge is 2.15. The molecule has 0 radical (unpaired) electrons. The minimum absolute atomic E-state index is 0.395. The van der Waals surface area contributed by atoms with Gasteiger partial charge in [-0.25, -0.2) is 4.98 Å². The quantitative estimate of drug-likeness (QED) is 0.814. The highest BCUT2D eigenvalue weighted by atomic mass is 32.2. The summed E-state index contributed by atoms with van der Waals surface area (Å²) in [6.07, 6.45) is 3.86. The van der Waals surface area contributed by atoms with Crippen molar-refractivity contribution in [2.45, 2.75) is 13.0 Å². The molecule has 88 valence electrons. The molecule has 0 saturated carbocycles. The topological polar surface area (TPSA) is 42.2 Å². The van der Waals surface area contributed by atoms with Crippen LogP contribution in [0.3, 0.4) is 0 Å². The lowest BCUT2D eigenvalue weighted by Gasteiger charge is -2.27. The van der Waals surface area contributed by atoms with Crippen LogP contribution in [-0.4, -0.2) is 35.1 Å². The van der Waals surface area contributed by atoms with Gasteiger partial charge in [0.2, 0.25) is 0 Å². The van der Waals surface area contributed by atoms with Crippen LogP contribution >= 0.6 is 24.0 Å². The van der Waals surface area contributed by atoms with Gasteiger partial charge in [-0.15, -0.1) is 0 Å². The van der Waals surface area contributed by atoms with Crippen molar-refractivity contribution in [2.24, 2.45) is 5.73 Å². The molecule has 0 fully saturated rings. The van der Waals surface area contributed by atoms with E-state index in [0.29, 0.717) is 11.0 Å². The number of aromatic nitrogens is 1. The molecular formula is C11H17N3S2. The monoisotopic (exact) mass is 255 g/mol. The number of thioether (sulfide) groups is 1. The highest BCUT2D eigenvalue weighted by molar-refractivity contribution is 7.98. The van der Waals surface area contributed by atoms with Crippen molar-refractivity contribution >= 4 is 34.8 Å². The number of hydrogen-bond acceptors (Lipinski definition) is 4. The summed E-state index contributed by atoms with van der Waals surface area (Å²) in [5.41, 5.74) is 6.53. The predicted octanol–water partition coefficient (Wildman–Crippen LogP) is 1.90. The van der Waals surface area contributed by atoms with Crippen LogP contribution in [0.5, 0.6) is 0 Å². The fraction of sp³-hybridized carbons (Fsp3) is 0.455. The number of pyridine rings is 1. The molecule has 3 nitrogen and oxygen atoms in total. The van der Waals surface area contributed by atoms with Crippen molar-refractivity contribution < 1.29 is 0 Å². The lowest BCUT2D eigenvalue weighted by molar-refractivity contribution is 0.753. The highest BCUT2D eigenvalue weighted by Crippen LogP contribution is 2.19. The Kier molecular flexibility index (Phi) is 5.02. The molecule has 0 saturated heterocycles. The Labute approximate surface area is 106 Å². The zero-order chi connectivity index (χ0) is 12.1. The van der Waals surface area contributed by atoms with Crippen LogP contribution in [0, 0.1) is 0 Å². The van der Waals surface area contributed by atoms with Crippen LogP contribution in [0.2, 0.25) is 0 Å². The van der Waals surface area contributed by atoms with E-state index in [1.807, 2.05) is 30.9 Å². The summed E-state index contributed by atoms with van der Waals surface area (Å²) < 4.78 is 0. The summed E-state index contributed by atoms with van der Waals surface area (Å²) in [6, 6.07) is 4.16. The molecule has 1 rings (SSSR count). The molecule has 0 aliphatic heterocycles. The summed E-state index contributed by atoms with van der Waals surface area (Å²) in [5.74, 6) is 1.90. The van der Waals surface area contributed by atoms with E-state index < -0.39 is 0 Å². The first-order valence-corrected chi connectivity index (χ1v) is 6.84. The first-order valence-electron chi connectivity index (χ1n) is 5.04. The molecular weight excluding hydrogens is 238 g/mol. The molecule has 1 atom stereocenters. The summed E-state index contributed by atoms with van der Waals surface area (Å²) in [4.78, 5) is 6.86. The van der Waals surface area contributed by atoms with Gasteiger partial charge in [-0.1, -0.05) is 12.2 Å². The normalized spacial score (nSPS) is 12.2. The molecule has 1 aromatic heterocycles. The summed E-state index contributed by atoms with van der Waals surface area (Å²) in [5, 5.41) is 0. The molecule has 1 aromatic rings. The second-order valence-electron chi connectivity index (χ2n) is 3.65. The van der Waals surface area contributed by atoms with E-state index >= 15 is 0 Å². The summed E-state index contributed by atoms with van der Waals surface area (Å²) >= 11 is 6.84. The van der Waals surface area contributed by atoms with E-state index in [0.717, 1.165) is 17.1 Å². The number of nitrogens with zero attached hydrogens (tertiary/aromatic N) is 2. The second kappa shape index (κ2) is 6.06. The maximum atomic E-state index is 5.69. The van der Waals surface area contributed by atoms with Crippen molar-refractivity contribution in [3.63, 3.8) is 0 Å². The van der Waals surface area contributed by atoms with Gasteiger partial charge in [0.05, 0.1) is 5.56 Å². The predicted molar refractivity (Wildman–Crippen MR) is 76.4 cm³/mol. The van der Waals surface area contributed by atoms with Crippen LogP contribution in [0.1, 0.15) is 12.5 Å². The maximum absolute atomic E-state index is 5.69. The molecule has 1 heterocycles. The molecule has 0 aliphatic carbocycles. The fourth-order valence-electron chi connectivity index (χ4n) is 1.43. The van der Waals surface area contributed by atoms with Gasteiger partial charge in [-0.2, -0.15) is 11.8 Å². The van der Waals surface area contributed by atoms with E-state index in [9.17, 15) is 0 Å². The first-order chi connectivity index (χ1) is 7.57. The number of hydrogen-bond donors (Lipinski definition) is 1. The Balaban J connectivity index is 2.98. The third kappa shape index (κ3) is 3.09. The molecule has 0 bridgehead atoms. The van der Waals surface area contributed by atoms with Crippen molar-refractivity contribution in [2.75, 3.05) is 24.0 Å². The molecule has 0 amide bonds. The Bertz CT molecular complexity index is 368. The molecule has 1 unspecified atom stereocenters. The van der Waals surface area contributed by atoms with E-state index in [1.165, 1.54) is 0 Å². The Morgan fingerprint density at radius 1 is 1.69 bits per heavy atom. The third-order valence-corrected chi connectivity index (χ3v) is 3.49. The summed E-state index contributed by atoms with van der Waals surface area (Å²) in [7, 11) is 2.02. The number of anilines is 1. The Hall–Kier alpha value is -0.810. The Morgan fingerprint density at radius 2 is 2.38 bits per heavy atom. The van der Waals surface area contributed by atoms with Crippen LogP contribution in [0.15, 0.2) is 18.3 Å². The van der Waals surface area contributed by atoms with E-state index in [2.05, 4.69) is 23.1 Å². The smallest absolute Gasteiger partial charge is 0.138 e. The van der Waals surface area contributed by atoms with Gasteiger partial charge >= 0.3 is 0 Å². The zero-order valence-corrected chi connectivity index (χ0v) is 11.4.